The van der Waals surface area contributed by atoms with Crippen LogP contribution in [-0.2, 0) is 16.0 Å². The minimum absolute atomic E-state index is 0.0161. The van der Waals surface area contributed by atoms with E-state index in [2.05, 4.69) is 5.32 Å². The van der Waals surface area contributed by atoms with Gasteiger partial charge in [0, 0.05) is 0 Å². The third kappa shape index (κ3) is 3.74. The number of amides is 1. The fourth-order valence-electron chi connectivity index (χ4n) is 2.32. The Morgan fingerprint density at radius 1 is 1.43 bits per heavy atom. The number of hydrogen-bond acceptors (Lipinski definition) is 3. The molecule has 1 amide bonds. The van der Waals surface area contributed by atoms with Crippen molar-refractivity contribution >= 4 is 11.9 Å². The van der Waals surface area contributed by atoms with Crippen LogP contribution < -0.4 is 10.1 Å². The van der Waals surface area contributed by atoms with Crippen LogP contribution in [0.1, 0.15) is 32.3 Å². The first-order chi connectivity index (χ1) is 9.95. The molecule has 0 aromatic heterocycles. The lowest BCUT2D eigenvalue weighted by Crippen LogP contribution is -2.55. The maximum Gasteiger partial charge on any atom is 0.329 e. The summed E-state index contributed by atoms with van der Waals surface area (Å²) in [5.74, 6) is -0.768. The quantitative estimate of drug-likeness (QED) is 0.805. The second-order valence-electron chi connectivity index (χ2n) is 5.62. The molecule has 1 aromatic carbocycles. The first kappa shape index (κ1) is 15.4. The zero-order valence-electron chi connectivity index (χ0n) is 12.4. The van der Waals surface area contributed by atoms with Crippen LogP contribution in [0.2, 0.25) is 0 Å². The van der Waals surface area contributed by atoms with Gasteiger partial charge in [0.1, 0.15) is 11.3 Å². The van der Waals surface area contributed by atoms with E-state index in [0.717, 1.165) is 24.8 Å². The van der Waals surface area contributed by atoms with Gasteiger partial charge in [-0.1, -0.05) is 19.1 Å². The molecule has 0 bridgehead atoms. The molecular weight excluding hydrogens is 270 g/mol. The summed E-state index contributed by atoms with van der Waals surface area (Å²) in [6.45, 7) is 3.42. The van der Waals surface area contributed by atoms with Crippen molar-refractivity contribution in [2.75, 3.05) is 6.61 Å². The number of carboxylic acids is 1. The highest BCUT2D eigenvalue weighted by molar-refractivity contribution is 5.88. The van der Waals surface area contributed by atoms with Crippen molar-refractivity contribution in [1.29, 1.82) is 0 Å². The Balaban J connectivity index is 1.90. The summed E-state index contributed by atoms with van der Waals surface area (Å²) in [5.41, 5.74) is -0.0626. The third-order valence-corrected chi connectivity index (χ3v) is 3.91. The van der Waals surface area contributed by atoms with E-state index in [9.17, 15) is 14.7 Å². The fraction of sp³-hybridized carbons (Fsp3) is 0.500. The Morgan fingerprint density at radius 2 is 2.14 bits per heavy atom. The molecule has 5 nitrogen and oxygen atoms in total. The number of carboxylic acid groups (broad SMARTS) is 1. The predicted octanol–water partition coefficient (Wildman–Crippen LogP) is 2.00. The minimum atomic E-state index is -1.19. The molecule has 1 unspecified atom stereocenters. The van der Waals surface area contributed by atoms with Crippen molar-refractivity contribution in [2.45, 2.75) is 38.6 Å². The maximum absolute atomic E-state index is 11.9. The third-order valence-electron chi connectivity index (χ3n) is 3.91. The SMILES string of the molecule is CCc1cccc(OCC(=O)NC(C)(C(=O)O)C2CC2)c1. The highest BCUT2D eigenvalue weighted by Gasteiger charge is 2.48. The molecule has 0 heterocycles. The largest absolute Gasteiger partial charge is 0.484 e. The van der Waals surface area contributed by atoms with E-state index in [1.165, 1.54) is 0 Å². The summed E-state index contributed by atoms with van der Waals surface area (Å²) in [6, 6.07) is 7.52. The van der Waals surface area contributed by atoms with E-state index in [1.54, 1.807) is 13.0 Å². The Labute approximate surface area is 124 Å². The van der Waals surface area contributed by atoms with E-state index >= 15 is 0 Å². The lowest BCUT2D eigenvalue weighted by Gasteiger charge is -2.26. The summed E-state index contributed by atoms with van der Waals surface area (Å²) < 4.78 is 5.43. The Hall–Kier alpha value is -2.04. The lowest BCUT2D eigenvalue weighted by molar-refractivity contribution is -0.148. The summed E-state index contributed by atoms with van der Waals surface area (Å²) in [6.07, 6.45) is 2.56. The first-order valence-corrected chi connectivity index (χ1v) is 7.22. The number of hydrogen-bond donors (Lipinski definition) is 2. The van der Waals surface area contributed by atoms with Crippen molar-refractivity contribution in [3.8, 4) is 5.75 Å². The smallest absolute Gasteiger partial charge is 0.329 e. The molecule has 21 heavy (non-hydrogen) atoms. The van der Waals surface area contributed by atoms with Crippen LogP contribution >= 0.6 is 0 Å². The van der Waals surface area contributed by atoms with Crippen LogP contribution in [0.5, 0.6) is 5.75 Å². The van der Waals surface area contributed by atoms with Gasteiger partial charge < -0.3 is 15.2 Å². The molecule has 0 radical (unpaired) electrons. The molecule has 114 valence electrons. The zero-order valence-corrected chi connectivity index (χ0v) is 12.4. The molecule has 0 spiro atoms. The highest BCUT2D eigenvalue weighted by atomic mass is 16.5. The molecule has 0 aliphatic heterocycles. The Bertz CT molecular complexity index is 539. The number of aryl methyl sites for hydroxylation is 1. The Kier molecular flexibility index (Phi) is 4.50. The van der Waals surface area contributed by atoms with E-state index in [4.69, 9.17) is 4.74 Å². The average molecular weight is 291 g/mol. The van der Waals surface area contributed by atoms with Gasteiger partial charge in [-0.15, -0.1) is 0 Å². The predicted molar refractivity (Wildman–Crippen MR) is 78.2 cm³/mol. The second kappa shape index (κ2) is 6.16. The number of carbonyl (C=O) groups is 2. The minimum Gasteiger partial charge on any atom is -0.484 e. The van der Waals surface area contributed by atoms with Gasteiger partial charge in [0.25, 0.3) is 5.91 Å². The summed E-state index contributed by atoms with van der Waals surface area (Å²) in [4.78, 5) is 23.3. The highest BCUT2D eigenvalue weighted by Crippen LogP contribution is 2.39. The number of nitrogens with one attached hydrogen (secondary N) is 1. The number of benzene rings is 1. The van der Waals surface area contributed by atoms with Crippen LogP contribution in [0, 0.1) is 5.92 Å². The average Bonchev–Trinajstić information content (AvgIpc) is 3.30. The van der Waals surface area contributed by atoms with Gasteiger partial charge >= 0.3 is 5.97 Å². The van der Waals surface area contributed by atoms with Gasteiger partial charge in [-0.05, 0) is 49.8 Å². The van der Waals surface area contributed by atoms with Crippen molar-refractivity contribution in [2.24, 2.45) is 5.92 Å². The summed E-state index contributed by atoms with van der Waals surface area (Å²) in [7, 11) is 0. The van der Waals surface area contributed by atoms with Crippen LogP contribution in [0.15, 0.2) is 24.3 Å². The van der Waals surface area contributed by atoms with Gasteiger partial charge in [0.2, 0.25) is 0 Å². The fourth-order valence-corrected chi connectivity index (χ4v) is 2.32. The molecule has 1 saturated carbocycles. The Morgan fingerprint density at radius 3 is 2.71 bits per heavy atom. The molecule has 1 aliphatic rings. The van der Waals surface area contributed by atoms with Crippen molar-refractivity contribution < 1.29 is 19.4 Å². The monoisotopic (exact) mass is 291 g/mol. The van der Waals surface area contributed by atoms with E-state index in [0.29, 0.717) is 5.75 Å². The van der Waals surface area contributed by atoms with Crippen LogP contribution in [0.4, 0.5) is 0 Å². The van der Waals surface area contributed by atoms with E-state index in [-0.39, 0.29) is 12.5 Å². The molecular formula is C16H21NO4. The van der Waals surface area contributed by atoms with E-state index < -0.39 is 17.4 Å². The number of rotatable bonds is 7. The first-order valence-electron chi connectivity index (χ1n) is 7.22. The van der Waals surface area contributed by atoms with Crippen molar-refractivity contribution in [3.05, 3.63) is 29.8 Å². The molecule has 1 aromatic rings. The van der Waals surface area contributed by atoms with Gasteiger partial charge in [0.15, 0.2) is 6.61 Å². The van der Waals surface area contributed by atoms with Gasteiger partial charge in [-0.2, -0.15) is 0 Å². The number of carbonyl (C=O) groups excluding carboxylic acids is 1. The molecule has 1 atom stereocenters. The van der Waals surface area contributed by atoms with Gasteiger partial charge in [0.05, 0.1) is 0 Å². The normalized spacial score (nSPS) is 16.9. The summed E-state index contributed by atoms with van der Waals surface area (Å²) in [5, 5.41) is 11.9. The maximum atomic E-state index is 11.9. The van der Waals surface area contributed by atoms with Crippen LogP contribution in [0.3, 0.4) is 0 Å². The molecule has 2 rings (SSSR count). The zero-order chi connectivity index (χ0) is 15.5. The molecule has 0 saturated heterocycles. The van der Waals surface area contributed by atoms with Crippen molar-refractivity contribution in [1.82, 2.24) is 5.32 Å². The van der Waals surface area contributed by atoms with Gasteiger partial charge in [-0.25, -0.2) is 4.79 Å². The van der Waals surface area contributed by atoms with Crippen molar-refractivity contribution in [3.63, 3.8) is 0 Å². The molecule has 5 heteroatoms. The van der Waals surface area contributed by atoms with Crippen LogP contribution in [0.25, 0.3) is 0 Å². The lowest BCUT2D eigenvalue weighted by atomic mass is 9.96. The number of ether oxygens (including phenoxy) is 1. The van der Waals surface area contributed by atoms with Crippen LogP contribution in [-0.4, -0.2) is 29.1 Å². The standard InChI is InChI=1S/C16H21NO4/c1-3-11-5-4-6-13(9-11)21-10-14(18)17-16(2,15(19)20)12-7-8-12/h4-6,9,12H,3,7-8,10H2,1-2H3,(H,17,18)(H,19,20). The molecule has 1 fully saturated rings. The second-order valence-corrected chi connectivity index (χ2v) is 5.62. The topological polar surface area (TPSA) is 75.6 Å². The van der Waals surface area contributed by atoms with E-state index in [1.807, 2.05) is 25.1 Å². The summed E-state index contributed by atoms with van der Waals surface area (Å²) >= 11 is 0. The number of aliphatic carboxylic acids is 1. The van der Waals surface area contributed by atoms with Gasteiger partial charge in [-0.3, -0.25) is 4.79 Å². The molecule has 1 aliphatic carbocycles. The molecule has 2 N–H and O–H groups in total.